The van der Waals surface area contributed by atoms with Crippen molar-refractivity contribution in [2.45, 2.75) is 38.8 Å². The molecule has 2 amide bonds. The molecule has 0 spiro atoms. The first kappa shape index (κ1) is 21.0. The average molecular weight is 347 g/mol. The molecule has 0 rings (SSSR count). The van der Waals surface area contributed by atoms with Crippen LogP contribution in [0.4, 0.5) is 0 Å². The Kier molecular flexibility index (Phi) is 10.6. The van der Waals surface area contributed by atoms with Crippen molar-refractivity contribution in [1.82, 2.24) is 10.6 Å². The van der Waals surface area contributed by atoms with E-state index in [9.17, 15) is 14.4 Å². The van der Waals surface area contributed by atoms with Gasteiger partial charge in [-0.3, -0.25) is 14.6 Å². The van der Waals surface area contributed by atoms with E-state index in [2.05, 4.69) is 28.3 Å². The van der Waals surface area contributed by atoms with Crippen molar-refractivity contribution in [2.24, 2.45) is 16.5 Å². The van der Waals surface area contributed by atoms with Crippen LogP contribution in [-0.4, -0.2) is 54.7 Å². The number of hydrogen-bond acceptors (Lipinski definition) is 6. The third-order valence-electron chi connectivity index (χ3n) is 2.71. The highest BCUT2D eigenvalue weighted by Gasteiger charge is 2.26. The van der Waals surface area contributed by atoms with Gasteiger partial charge in [-0.1, -0.05) is 0 Å². The van der Waals surface area contributed by atoms with Crippen LogP contribution in [0.15, 0.2) is 4.99 Å². The minimum absolute atomic E-state index is 0.0393. The SMILES string of the molecule is CCOC(=O)C(CCCN=C(N)N)NC(=O)C(CS)NC(C)=O. The van der Waals surface area contributed by atoms with Gasteiger partial charge >= 0.3 is 5.97 Å². The lowest BCUT2D eigenvalue weighted by Crippen LogP contribution is -2.52. The molecule has 23 heavy (non-hydrogen) atoms. The van der Waals surface area contributed by atoms with E-state index in [4.69, 9.17) is 16.2 Å². The van der Waals surface area contributed by atoms with Crippen molar-refractivity contribution in [3.8, 4) is 0 Å². The fraction of sp³-hybridized carbons (Fsp3) is 0.692. The minimum Gasteiger partial charge on any atom is -0.464 e. The number of esters is 1. The molecule has 0 heterocycles. The summed E-state index contributed by atoms with van der Waals surface area (Å²) in [5.41, 5.74) is 10.4. The van der Waals surface area contributed by atoms with Crippen molar-refractivity contribution in [1.29, 1.82) is 0 Å². The smallest absolute Gasteiger partial charge is 0.328 e. The fourth-order valence-electron chi connectivity index (χ4n) is 1.71. The van der Waals surface area contributed by atoms with Gasteiger partial charge in [0.25, 0.3) is 0 Å². The van der Waals surface area contributed by atoms with E-state index >= 15 is 0 Å². The van der Waals surface area contributed by atoms with Crippen LogP contribution >= 0.6 is 12.6 Å². The predicted octanol–water partition coefficient (Wildman–Crippen LogP) is -1.48. The molecule has 6 N–H and O–H groups in total. The van der Waals surface area contributed by atoms with E-state index in [-0.39, 0.29) is 24.2 Å². The molecule has 132 valence electrons. The predicted molar refractivity (Wildman–Crippen MR) is 89.9 cm³/mol. The maximum atomic E-state index is 12.1. The number of carbonyl (C=O) groups is 3. The van der Waals surface area contributed by atoms with E-state index in [0.29, 0.717) is 19.4 Å². The van der Waals surface area contributed by atoms with Gasteiger partial charge in [-0.05, 0) is 19.8 Å². The van der Waals surface area contributed by atoms with Crippen LogP contribution in [-0.2, 0) is 19.1 Å². The van der Waals surface area contributed by atoms with E-state index in [0.717, 1.165) is 0 Å². The van der Waals surface area contributed by atoms with E-state index < -0.39 is 24.0 Å². The van der Waals surface area contributed by atoms with Crippen molar-refractivity contribution in [2.75, 3.05) is 18.9 Å². The highest BCUT2D eigenvalue weighted by Crippen LogP contribution is 2.02. The standard InChI is InChI=1S/C13H25N5O4S/c1-3-22-12(21)9(5-4-6-16-13(14)15)18-11(20)10(7-23)17-8(2)19/h9-10,23H,3-7H2,1-2H3,(H,17,19)(H,18,20)(H4,14,15,16). The second-order valence-electron chi connectivity index (χ2n) is 4.70. The van der Waals surface area contributed by atoms with Crippen LogP contribution in [0.25, 0.3) is 0 Å². The van der Waals surface area contributed by atoms with Crippen LogP contribution in [0, 0.1) is 0 Å². The number of aliphatic imine (C=N–C) groups is 1. The molecule has 0 radical (unpaired) electrons. The summed E-state index contributed by atoms with van der Waals surface area (Å²) in [5, 5.41) is 5.01. The van der Waals surface area contributed by atoms with E-state index in [1.807, 2.05) is 0 Å². The largest absolute Gasteiger partial charge is 0.464 e. The molecule has 0 aromatic carbocycles. The molecule has 10 heteroatoms. The molecular weight excluding hydrogens is 322 g/mol. The zero-order chi connectivity index (χ0) is 17.8. The second kappa shape index (κ2) is 11.6. The van der Waals surface area contributed by atoms with Gasteiger partial charge in [0.1, 0.15) is 12.1 Å². The quantitative estimate of drug-likeness (QED) is 0.107. The van der Waals surface area contributed by atoms with Gasteiger partial charge in [0.2, 0.25) is 11.8 Å². The van der Waals surface area contributed by atoms with Crippen LogP contribution in [0.2, 0.25) is 0 Å². The number of guanidine groups is 1. The Hall–Kier alpha value is -1.97. The van der Waals surface area contributed by atoms with Crippen molar-refractivity contribution in [3.05, 3.63) is 0 Å². The Balaban J connectivity index is 4.72. The summed E-state index contributed by atoms with van der Waals surface area (Å²) in [6.45, 7) is 3.49. The molecule has 2 atom stereocenters. The Morgan fingerprint density at radius 3 is 2.35 bits per heavy atom. The van der Waals surface area contributed by atoms with Gasteiger partial charge in [0, 0.05) is 19.2 Å². The molecule has 0 saturated heterocycles. The monoisotopic (exact) mass is 347 g/mol. The Labute approximate surface area is 141 Å². The maximum Gasteiger partial charge on any atom is 0.328 e. The zero-order valence-electron chi connectivity index (χ0n) is 13.4. The average Bonchev–Trinajstić information content (AvgIpc) is 2.47. The number of nitrogens with two attached hydrogens (primary N) is 2. The summed E-state index contributed by atoms with van der Waals surface area (Å²) in [7, 11) is 0. The Morgan fingerprint density at radius 2 is 1.87 bits per heavy atom. The van der Waals surface area contributed by atoms with Gasteiger partial charge < -0.3 is 26.8 Å². The molecule has 0 aliphatic heterocycles. The highest BCUT2D eigenvalue weighted by molar-refractivity contribution is 7.80. The molecule has 0 fully saturated rings. The van der Waals surface area contributed by atoms with Crippen molar-refractivity contribution < 1.29 is 19.1 Å². The number of nitrogens with one attached hydrogen (secondary N) is 2. The number of thiol groups is 1. The fourth-order valence-corrected chi connectivity index (χ4v) is 1.96. The van der Waals surface area contributed by atoms with Gasteiger partial charge in [-0.2, -0.15) is 12.6 Å². The number of nitrogens with zero attached hydrogens (tertiary/aromatic N) is 1. The minimum atomic E-state index is -0.840. The summed E-state index contributed by atoms with van der Waals surface area (Å²) in [6, 6.07) is -1.67. The number of ether oxygens (including phenoxy) is 1. The molecule has 0 aliphatic rings. The van der Waals surface area contributed by atoms with E-state index in [1.165, 1.54) is 6.92 Å². The summed E-state index contributed by atoms with van der Waals surface area (Å²) in [4.78, 5) is 38.9. The van der Waals surface area contributed by atoms with Crippen LogP contribution < -0.4 is 22.1 Å². The molecule has 0 saturated carbocycles. The molecular formula is C13H25N5O4S. The van der Waals surface area contributed by atoms with Crippen LogP contribution in [0.3, 0.4) is 0 Å². The summed E-state index contributed by atoms with van der Waals surface area (Å²) in [6.07, 6.45) is 0.786. The highest BCUT2D eigenvalue weighted by atomic mass is 32.1. The lowest BCUT2D eigenvalue weighted by Gasteiger charge is -2.21. The third kappa shape index (κ3) is 9.61. The number of amides is 2. The molecule has 0 aromatic heterocycles. The number of hydrogen-bond donors (Lipinski definition) is 5. The first-order valence-corrected chi connectivity index (χ1v) is 7.85. The Bertz CT molecular complexity index is 440. The van der Waals surface area contributed by atoms with E-state index in [1.54, 1.807) is 6.92 Å². The Morgan fingerprint density at radius 1 is 1.22 bits per heavy atom. The lowest BCUT2D eigenvalue weighted by atomic mass is 10.1. The van der Waals surface area contributed by atoms with Gasteiger partial charge in [0.15, 0.2) is 5.96 Å². The zero-order valence-corrected chi connectivity index (χ0v) is 14.3. The first-order chi connectivity index (χ1) is 10.8. The van der Waals surface area contributed by atoms with Gasteiger partial charge in [-0.25, -0.2) is 4.79 Å². The first-order valence-electron chi connectivity index (χ1n) is 7.22. The van der Waals surface area contributed by atoms with Crippen molar-refractivity contribution >= 4 is 36.4 Å². The summed E-state index contributed by atoms with van der Waals surface area (Å²) < 4.78 is 4.93. The van der Waals surface area contributed by atoms with Gasteiger partial charge in [0.05, 0.1) is 6.61 Å². The maximum absolute atomic E-state index is 12.1. The summed E-state index contributed by atoms with van der Waals surface area (Å²) in [5.74, 6) is -1.35. The third-order valence-corrected chi connectivity index (χ3v) is 3.07. The lowest BCUT2D eigenvalue weighted by molar-refractivity contribution is -0.147. The van der Waals surface area contributed by atoms with Gasteiger partial charge in [-0.15, -0.1) is 0 Å². The second-order valence-corrected chi connectivity index (χ2v) is 5.06. The normalized spacial score (nSPS) is 12.7. The molecule has 9 nitrogen and oxygen atoms in total. The number of rotatable bonds is 10. The topological polar surface area (TPSA) is 149 Å². The molecule has 0 bridgehead atoms. The number of carbonyl (C=O) groups excluding carboxylic acids is 3. The van der Waals surface area contributed by atoms with Crippen LogP contribution in [0.1, 0.15) is 26.7 Å². The molecule has 0 aliphatic carbocycles. The van der Waals surface area contributed by atoms with Crippen LogP contribution in [0.5, 0.6) is 0 Å². The molecule has 2 unspecified atom stereocenters. The van der Waals surface area contributed by atoms with Crippen molar-refractivity contribution in [3.63, 3.8) is 0 Å². The molecule has 0 aromatic rings. The summed E-state index contributed by atoms with van der Waals surface area (Å²) >= 11 is 4.02.